The van der Waals surface area contributed by atoms with Crippen LogP contribution in [0.5, 0.6) is 0 Å². The van der Waals surface area contributed by atoms with Crippen molar-refractivity contribution in [2.24, 2.45) is 0 Å². The van der Waals surface area contributed by atoms with Crippen LogP contribution in [0, 0.1) is 13.8 Å². The lowest BCUT2D eigenvalue weighted by Crippen LogP contribution is -2.48. The number of nitrogens with zero attached hydrogens (tertiary/aromatic N) is 4. The van der Waals surface area contributed by atoms with Crippen LogP contribution in [0.2, 0.25) is 0 Å². The zero-order valence-electron chi connectivity index (χ0n) is 10.3. The summed E-state index contributed by atoms with van der Waals surface area (Å²) in [5.74, 6) is 0.0108. The molecule has 0 bridgehead atoms. The molecular weight excluding hydrogens is 256 g/mol. The minimum Gasteiger partial charge on any atom is -0.314 e. The van der Waals surface area contributed by atoms with Gasteiger partial charge in [0.1, 0.15) is 0 Å². The van der Waals surface area contributed by atoms with Gasteiger partial charge < -0.3 is 5.32 Å². The van der Waals surface area contributed by atoms with Crippen molar-refractivity contribution in [3.63, 3.8) is 0 Å². The Kier molecular flexibility index (Phi) is 3.73. The Morgan fingerprint density at radius 1 is 1.17 bits per heavy atom. The van der Waals surface area contributed by atoms with Crippen LogP contribution in [0.25, 0.3) is 0 Å². The van der Waals surface area contributed by atoms with Gasteiger partial charge in [0.15, 0.2) is 0 Å². The highest BCUT2D eigenvalue weighted by atomic mass is 32.2. The predicted molar refractivity (Wildman–Crippen MR) is 66.3 cm³/mol. The Hall–Kier alpha value is -1.32. The summed E-state index contributed by atoms with van der Waals surface area (Å²) < 4.78 is 27.8. The van der Waals surface area contributed by atoms with Crippen LogP contribution in [0.3, 0.4) is 0 Å². The zero-order chi connectivity index (χ0) is 13.2. The van der Waals surface area contributed by atoms with Crippen LogP contribution in [-0.2, 0) is 10.2 Å². The molecule has 0 spiro atoms. The molecule has 0 aromatic carbocycles. The second-order valence-electron chi connectivity index (χ2n) is 4.06. The monoisotopic (exact) mass is 272 g/mol. The Balaban J connectivity index is 2.13. The molecule has 1 saturated heterocycles. The number of aromatic nitrogens is 3. The molecule has 0 amide bonds. The second kappa shape index (κ2) is 5.12. The van der Waals surface area contributed by atoms with Crippen LogP contribution in [0.1, 0.15) is 11.4 Å². The summed E-state index contributed by atoms with van der Waals surface area (Å²) in [5.41, 5.74) is 1.34. The molecule has 2 heterocycles. The van der Waals surface area contributed by atoms with Crippen molar-refractivity contribution in [2.45, 2.75) is 13.8 Å². The third-order valence-corrected chi connectivity index (χ3v) is 4.21. The molecule has 0 unspecified atom stereocenters. The molecule has 1 aromatic rings. The summed E-state index contributed by atoms with van der Waals surface area (Å²) in [6, 6.07) is 0. The number of hydrogen-bond acceptors (Lipinski definition) is 6. The standard InChI is InChI=1S/C9H16N6O2S/c1-7-8(2)12-13-9(11-7)14-18(16,17)15-5-3-10-4-6-15/h10H,3-6H2,1-2H3,(H,11,13,14). The maximum absolute atomic E-state index is 12.0. The topological polar surface area (TPSA) is 100 Å². The van der Waals surface area contributed by atoms with Crippen LogP contribution < -0.4 is 10.0 Å². The van der Waals surface area contributed by atoms with E-state index in [9.17, 15) is 8.42 Å². The number of hydrogen-bond donors (Lipinski definition) is 2. The molecule has 0 aliphatic carbocycles. The van der Waals surface area contributed by atoms with E-state index in [1.54, 1.807) is 13.8 Å². The van der Waals surface area contributed by atoms with Gasteiger partial charge in [-0.05, 0) is 13.8 Å². The van der Waals surface area contributed by atoms with Gasteiger partial charge in [0.2, 0.25) is 0 Å². The van der Waals surface area contributed by atoms with Crippen molar-refractivity contribution >= 4 is 16.2 Å². The fourth-order valence-corrected chi connectivity index (χ4v) is 2.67. The molecular formula is C9H16N6O2S. The molecule has 1 fully saturated rings. The molecule has 2 N–H and O–H groups in total. The molecule has 9 heteroatoms. The Morgan fingerprint density at radius 2 is 1.83 bits per heavy atom. The Morgan fingerprint density at radius 3 is 2.44 bits per heavy atom. The van der Waals surface area contributed by atoms with E-state index >= 15 is 0 Å². The molecule has 2 rings (SSSR count). The zero-order valence-corrected chi connectivity index (χ0v) is 11.2. The molecule has 1 aliphatic rings. The van der Waals surface area contributed by atoms with E-state index in [2.05, 4.69) is 25.2 Å². The lowest BCUT2D eigenvalue weighted by atomic mass is 10.4. The van der Waals surface area contributed by atoms with Gasteiger partial charge in [-0.15, -0.1) is 5.10 Å². The van der Waals surface area contributed by atoms with Crippen molar-refractivity contribution in [1.29, 1.82) is 0 Å². The second-order valence-corrected chi connectivity index (χ2v) is 5.73. The van der Waals surface area contributed by atoms with Gasteiger partial charge in [-0.25, -0.2) is 9.71 Å². The maximum Gasteiger partial charge on any atom is 0.304 e. The minimum atomic E-state index is -3.59. The number of nitrogens with one attached hydrogen (secondary N) is 2. The first-order valence-corrected chi connectivity index (χ1v) is 7.09. The average Bonchev–Trinajstić information content (AvgIpc) is 2.35. The van der Waals surface area contributed by atoms with E-state index < -0.39 is 10.2 Å². The van der Waals surface area contributed by atoms with Crippen molar-refractivity contribution in [1.82, 2.24) is 24.8 Å². The van der Waals surface area contributed by atoms with E-state index in [4.69, 9.17) is 0 Å². The predicted octanol–water partition coefficient (Wildman–Crippen LogP) is -0.950. The fraction of sp³-hybridized carbons (Fsp3) is 0.667. The quantitative estimate of drug-likeness (QED) is 0.736. The van der Waals surface area contributed by atoms with E-state index in [-0.39, 0.29) is 5.95 Å². The summed E-state index contributed by atoms with van der Waals surface area (Å²) in [4.78, 5) is 4.05. The SMILES string of the molecule is Cc1nnc(NS(=O)(=O)N2CCNCC2)nc1C. The molecule has 1 aliphatic heterocycles. The first kappa shape index (κ1) is 13.1. The molecule has 1 aromatic heterocycles. The normalized spacial score (nSPS) is 17.7. The van der Waals surface area contributed by atoms with Gasteiger partial charge >= 0.3 is 10.2 Å². The average molecular weight is 272 g/mol. The molecule has 100 valence electrons. The summed E-state index contributed by atoms with van der Waals surface area (Å²) in [6.45, 7) is 5.69. The van der Waals surface area contributed by atoms with Crippen LogP contribution >= 0.6 is 0 Å². The summed E-state index contributed by atoms with van der Waals surface area (Å²) in [5, 5.41) is 10.7. The van der Waals surface area contributed by atoms with Gasteiger partial charge in [-0.1, -0.05) is 0 Å². The maximum atomic E-state index is 12.0. The number of rotatable bonds is 3. The molecule has 18 heavy (non-hydrogen) atoms. The van der Waals surface area contributed by atoms with Gasteiger partial charge in [0.25, 0.3) is 5.95 Å². The first-order valence-electron chi connectivity index (χ1n) is 5.65. The van der Waals surface area contributed by atoms with E-state index in [0.29, 0.717) is 37.6 Å². The highest BCUT2D eigenvalue weighted by Gasteiger charge is 2.24. The van der Waals surface area contributed by atoms with Crippen molar-refractivity contribution in [3.8, 4) is 0 Å². The Bertz CT molecular complexity index is 526. The number of aryl methyl sites for hydroxylation is 2. The van der Waals surface area contributed by atoms with E-state index in [1.165, 1.54) is 4.31 Å². The summed E-state index contributed by atoms with van der Waals surface area (Å²) in [6.07, 6.45) is 0. The van der Waals surface area contributed by atoms with E-state index in [1.807, 2.05) is 0 Å². The number of anilines is 1. The number of piperazine rings is 1. The third kappa shape index (κ3) is 2.92. The van der Waals surface area contributed by atoms with Crippen molar-refractivity contribution in [3.05, 3.63) is 11.4 Å². The lowest BCUT2D eigenvalue weighted by molar-refractivity contribution is 0.362. The summed E-state index contributed by atoms with van der Waals surface area (Å²) in [7, 11) is -3.59. The third-order valence-electron chi connectivity index (χ3n) is 2.73. The van der Waals surface area contributed by atoms with Crippen molar-refractivity contribution in [2.75, 3.05) is 30.9 Å². The van der Waals surface area contributed by atoms with Crippen molar-refractivity contribution < 1.29 is 8.42 Å². The molecule has 0 atom stereocenters. The van der Waals surface area contributed by atoms with Crippen LogP contribution in [0.15, 0.2) is 0 Å². The summed E-state index contributed by atoms with van der Waals surface area (Å²) >= 11 is 0. The highest BCUT2D eigenvalue weighted by molar-refractivity contribution is 7.90. The van der Waals surface area contributed by atoms with Gasteiger partial charge in [0, 0.05) is 26.2 Å². The van der Waals surface area contributed by atoms with Gasteiger partial charge in [-0.2, -0.15) is 17.8 Å². The fourth-order valence-electron chi connectivity index (χ4n) is 1.56. The first-order chi connectivity index (χ1) is 8.49. The van der Waals surface area contributed by atoms with Gasteiger partial charge in [0.05, 0.1) is 11.4 Å². The Labute approximate surface area is 106 Å². The smallest absolute Gasteiger partial charge is 0.304 e. The largest absolute Gasteiger partial charge is 0.314 e. The van der Waals surface area contributed by atoms with Crippen LogP contribution in [-0.4, -0.2) is 54.1 Å². The molecule has 8 nitrogen and oxygen atoms in total. The minimum absolute atomic E-state index is 0.0108. The van der Waals surface area contributed by atoms with Crippen LogP contribution in [0.4, 0.5) is 5.95 Å². The van der Waals surface area contributed by atoms with E-state index in [0.717, 1.165) is 0 Å². The highest BCUT2D eigenvalue weighted by Crippen LogP contribution is 2.08. The lowest BCUT2D eigenvalue weighted by Gasteiger charge is -2.26. The van der Waals surface area contributed by atoms with Gasteiger partial charge in [-0.3, -0.25) is 0 Å². The molecule has 0 radical (unpaired) electrons. The molecule has 0 saturated carbocycles.